The summed E-state index contributed by atoms with van der Waals surface area (Å²) in [6, 6.07) is 1.01. The van der Waals surface area contributed by atoms with Crippen molar-refractivity contribution < 1.29 is 23.2 Å². The lowest BCUT2D eigenvalue weighted by Crippen LogP contribution is -2.46. The standard InChI is InChI=1S/C13H16F3N3O2/c1-3-13(4-2,11(17)19-21)12(20)18-9-6-7(14)5-8(15)10(9)16/h5-6,21H,3-4H2,1-2H3,(H2,17,19)(H,18,20). The Kier molecular flexibility index (Phi) is 5.17. The second-order valence-electron chi connectivity index (χ2n) is 4.48. The van der Waals surface area contributed by atoms with E-state index in [1.165, 1.54) is 0 Å². The minimum absolute atomic E-state index is 0.157. The summed E-state index contributed by atoms with van der Waals surface area (Å²) in [5.41, 5.74) is 3.48. The Morgan fingerprint density at radius 2 is 1.90 bits per heavy atom. The normalized spacial score (nSPS) is 12.3. The zero-order valence-corrected chi connectivity index (χ0v) is 11.6. The highest BCUT2D eigenvalue weighted by Gasteiger charge is 2.40. The van der Waals surface area contributed by atoms with Gasteiger partial charge in [-0.05, 0) is 12.8 Å². The van der Waals surface area contributed by atoms with Crippen molar-refractivity contribution in [2.24, 2.45) is 16.3 Å². The largest absolute Gasteiger partial charge is 0.409 e. The third-order valence-electron chi connectivity index (χ3n) is 3.48. The molecule has 0 saturated heterocycles. The van der Waals surface area contributed by atoms with E-state index in [0.29, 0.717) is 12.1 Å². The van der Waals surface area contributed by atoms with Gasteiger partial charge in [0.1, 0.15) is 11.2 Å². The van der Waals surface area contributed by atoms with E-state index in [-0.39, 0.29) is 18.7 Å². The van der Waals surface area contributed by atoms with Crippen LogP contribution in [-0.2, 0) is 4.79 Å². The summed E-state index contributed by atoms with van der Waals surface area (Å²) in [4.78, 5) is 12.3. The molecule has 1 aromatic carbocycles. The van der Waals surface area contributed by atoms with Crippen LogP contribution in [0.2, 0.25) is 0 Å². The highest BCUT2D eigenvalue weighted by Crippen LogP contribution is 2.30. The van der Waals surface area contributed by atoms with Gasteiger partial charge in [-0.2, -0.15) is 0 Å². The van der Waals surface area contributed by atoms with Gasteiger partial charge in [-0.1, -0.05) is 19.0 Å². The first kappa shape index (κ1) is 16.8. The Balaban J connectivity index is 3.20. The zero-order valence-electron chi connectivity index (χ0n) is 11.6. The van der Waals surface area contributed by atoms with Gasteiger partial charge in [-0.3, -0.25) is 4.79 Å². The molecule has 0 aromatic heterocycles. The highest BCUT2D eigenvalue weighted by atomic mass is 19.2. The molecule has 1 rings (SSSR count). The Morgan fingerprint density at radius 3 is 2.38 bits per heavy atom. The summed E-state index contributed by atoms with van der Waals surface area (Å²) >= 11 is 0. The van der Waals surface area contributed by atoms with Crippen molar-refractivity contribution in [3.05, 3.63) is 29.6 Å². The molecule has 21 heavy (non-hydrogen) atoms. The second-order valence-corrected chi connectivity index (χ2v) is 4.48. The van der Waals surface area contributed by atoms with E-state index in [2.05, 4.69) is 10.5 Å². The molecular weight excluding hydrogens is 287 g/mol. The predicted molar refractivity (Wildman–Crippen MR) is 71.4 cm³/mol. The molecule has 0 aliphatic carbocycles. The molecule has 0 radical (unpaired) electrons. The summed E-state index contributed by atoms with van der Waals surface area (Å²) < 4.78 is 39.8. The number of hydrogen-bond donors (Lipinski definition) is 3. The van der Waals surface area contributed by atoms with Crippen LogP contribution in [0.1, 0.15) is 26.7 Å². The molecule has 1 amide bonds. The molecule has 0 bridgehead atoms. The minimum Gasteiger partial charge on any atom is -0.409 e. The first-order chi connectivity index (χ1) is 9.82. The number of nitrogens with two attached hydrogens (primary N) is 1. The number of halogens is 3. The van der Waals surface area contributed by atoms with Crippen molar-refractivity contribution in [2.45, 2.75) is 26.7 Å². The van der Waals surface area contributed by atoms with Crippen LogP contribution in [0, 0.1) is 22.9 Å². The van der Waals surface area contributed by atoms with Gasteiger partial charge >= 0.3 is 0 Å². The fourth-order valence-corrected chi connectivity index (χ4v) is 2.03. The van der Waals surface area contributed by atoms with Gasteiger partial charge in [0.15, 0.2) is 17.5 Å². The number of nitrogens with one attached hydrogen (secondary N) is 1. The van der Waals surface area contributed by atoms with Crippen LogP contribution in [0.25, 0.3) is 0 Å². The number of carbonyl (C=O) groups excluding carboxylic acids is 1. The topological polar surface area (TPSA) is 87.7 Å². The molecule has 0 unspecified atom stereocenters. The molecule has 0 spiro atoms. The Bertz CT molecular complexity index is 572. The summed E-state index contributed by atoms with van der Waals surface area (Å²) in [6.07, 6.45) is 0.315. The molecule has 0 aliphatic rings. The van der Waals surface area contributed by atoms with Crippen LogP contribution in [0.3, 0.4) is 0 Å². The molecule has 116 valence electrons. The predicted octanol–water partition coefficient (Wildman–Crippen LogP) is 2.60. The van der Waals surface area contributed by atoms with Crippen molar-refractivity contribution in [1.29, 1.82) is 0 Å². The highest BCUT2D eigenvalue weighted by molar-refractivity contribution is 6.11. The van der Waals surface area contributed by atoms with Crippen molar-refractivity contribution in [3.8, 4) is 0 Å². The maximum absolute atomic E-state index is 13.6. The Hall–Kier alpha value is -2.25. The first-order valence-corrected chi connectivity index (χ1v) is 6.26. The fraction of sp³-hybridized carbons (Fsp3) is 0.385. The van der Waals surface area contributed by atoms with Crippen LogP contribution in [0.15, 0.2) is 17.3 Å². The number of benzene rings is 1. The van der Waals surface area contributed by atoms with E-state index >= 15 is 0 Å². The van der Waals surface area contributed by atoms with Crippen molar-refractivity contribution >= 4 is 17.4 Å². The molecule has 0 atom stereocenters. The summed E-state index contributed by atoms with van der Waals surface area (Å²) in [5, 5.41) is 13.7. The molecule has 5 nitrogen and oxygen atoms in total. The summed E-state index contributed by atoms with van der Waals surface area (Å²) in [6.45, 7) is 3.23. The molecular formula is C13H16F3N3O2. The Labute approximate surface area is 119 Å². The third kappa shape index (κ3) is 3.09. The van der Waals surface area contributed by atoms with Gasteiger partial charge < -0.3 is 16.3 Å². The Morgan fingerprint density at radius 1 is 1.33 bits per heavy atom. The lowest BCUT2D eigenvalue weighted by molar-refractivity contribution is -0.122. The summed E-state index contributed by atoms with van der Waals surface area (Å²) in [7, 11) is 0. The number of oxime groups is 1. The molecule has 0 aliphatic heterocycles. The number of nitrogens with zero attached hydrogens (tertiary/aromatic N) is 1. The van der Waals surface area contributed by atoms with Gasteiger partial charge in [-0.15, -0.1) is 0 Å². The smallest absolute Gasteiger partial charge is 0.238 e. The van der Waals surface area contributed by atoms with Gasteiger partial charge in [0, 0.05) is 12.1 Å². The first-order valence-electron chi connectivity index (χ1n) is 6.26. The number of anilines is 1. The fourth-order valence-electron chi connectivity index (χ4n) is 2.03. The lowest BCUT2D eigenvalue weighted by Gasteiger charge is -2.28. The number of amides is 1. The molecule has 4 N–H and O–H groups in total. The van der Waals surface area contributed by atoms with Crippen LogP contribution in [0.4, 0.5) is 18.9 Å². The summed E-state index contributed by atoms with van der Waals surface area (Å²) in [5.74, 6) is -5.02. The average Bonchev–Trinajstić information content (AvgIpc) is 2.45. The molecule has 8 heteroatoms. The van der Waals surface area contributed by atoms with E-state index in [1.807, 2.05) is 0 Å². The number of hydrogen-bond acceptors (Lipinski definition) is 3. The maximum atomic E-state index is 13.6. The molecule has 0 heterocycles. The SMILES string of the molecule is CCC(CC)(C(=O)Nc1cc(F)cc(F)c1F)C(N)=NO. The van der Waals surface area contributed by atoms with Crippen LogP contribution < -0.4 is 11.1 Å². The van der Waals surface area contributed by atoms with Crippen LogP contribution in [0.5, 0.6) is 0 Å². The van der Waals surface area contributed by atoms with Crippen LogP contribution in [-0.4, -0.2) is 17.0 Å². The van der Waals surface area contributed by atoms with Crippen molar-refractivity contribution in [1.82, 2.24) is 0 Å². The van der Waals surface area contributed by atoms with Crippen molar-refractivity contribution in [2.75, 3.05) is 5.32 Å². The minimum atomic E-state index is -1.42. The lowest BCUT2D eigenvalue weighted by atomic mass is 9.80. The zero-order chi connectivity index (χ0) is 16.2. The quantitative estimate of drug-likeness (QED) is 0.257. The van der Waals surface area contributed by atoms with E-state index < -0.39 is 34.5 Å². The number of amidine groups is 1. The van der Waals surface area contributed by atoms with Gasteiger partial charge in [0.25, 0.3) is 0 Å². The monoisotopic (exact) mass is 303 g/mol. The van der Waals surface area contributed by atoms with Gasteiger partial charge in [-0.25, -0.2) is 13.2 Å². The molecule has 0 saturated carbocycles. The third-order valence-corrected chi connectivity index (χ3v) is 3.48. The number of rotatable bonds is 5. The molecule has 1 aromatic rings. The van der Waals surface area contributed by atoms with Gasteiger partial charge in [0.05, 0.1) is 5.69 Å². The average molecular weight is 303 g/mol. The van der Waals surface area contributed by atoms with E-state index in [1.54, 1.807) is 13.8 Å². The number of carbonyl (C=O) groups is 1. The van der Waals surface area contributed by atoms with E-state index in [0.717, 1.165) is 0 Å². The second kappa shape index (κ2) is 6.47. The maximum Gasteiger partial charge on any atom is 0.238 e. The van der Waals surface area contributed by atoms with E-state index in [9.17, 15) is 18.0 Å². The van der Waals surface area contributed by atoms with Crippen molar-refractivity contribution in [3.63, 3.8) is 0 Å². The molecule has 0 fully saturated rings. The van der Waals surface area contributed by atoms with Crippen LogP contribution >= 0.6 is 0 Å². The van der Waals surface area contributed by atoms with Gasteiger partial charge in [0.2, 0.25) is 5.91 Å². The van der Waals surface area contributed by atoms with E-state index in [4.69, 9.17) is 10.9 Å².